The summed E-state index contributed by atoms with van der Waals surface area (Å²) in [6.45, 7) is 2.89. The van der Waals surface area contributed by atoms with Gasteiger partial charge in [-0.25, -0.2) is 14.2 Å². The van der Waals surface area contributed by atoms with E-state index in [4.69, 9.17) is 10.5 Å². The van der Waals surface area contributed by atoms with Crippen molar-refractivity contribution in [3.05, 3.63) is 41.6 Å². The van der Waals surface area contributed by atoms with Crippen LogP contribution in [-0.4, -0.2) is 39.9 Å². The van der Waals surface area contributed by atoms with Crippen LogP contribution in [0.25, 0.3) is 21.9 Å². The largest absolute Gasteiger partial charge is 0.446 e. The average molecular weight is 449 g/mol. The Balaban J connectivity index is 1.34. The van der Waals surface area contributed by atoms with Crippen molar-refractivity contribution in [3.63, 3.8) is 0 Å². The number of aromatic nitrogens is 2. The maximum absolute atomic E-state index is 15.3. The topological polar surface area (TPSA) is 122 Å². The van der Waals surface area contributed by atoms with Crippen molar-refractivity contribution in [2.75, 3.05) is 22.9 Å². The lowest BCUT2D eigenvalue weighted by molar-refractivity contribution is -0.0308. The number of nitrogens with two attached hydrogens (primary N) is 1. The number of benzene rings is 1. The molecule has 5 N–H and O–H groups in total. The summed E-state index contributed by atoms with van der Waals surface area (Å²) in [6.07, 6.45) is 3.82. The lowest BCUT2D eigenvalue weighted by Crippen LogP contribution is -2.37. The summed E-state index contributed by atoms with van der Waals surface area (Å²) in [5.41, 5.74) is 10.2. The maximum atomic E-state index is 15.3. The molecule has 2 saturated carbocycles. The molecule has 1 amide bonds. The molecule has 0 radical (unpaired) electrons. The van der Waals surface area contributed by atoms with Crippen molar-refractivity contribution in [1.29, 1.82) is 0 Å². The summed E-state index contributed by atoms with van der Waals surface area (Å²) in [6, 6.07) is 3.35. The van der Waals surface area contributed by atoms with Crippen LogP contribution in [-0.2, 0) is 4.74 Å². The molecule has 2 aromatic heterocycles. The number of amides is 1. The Labute approximate surface area is 189 Å². The fourth-order valence-electron chi connectivity index (χ4n) is 4.92. The Morgan fingerprint density at radius 3 is 2.85 bits per heavy atom. The first kappa shape index (κ1) is 20.2. The van der Waals surface area contributed by atoms with Crippen LogP contribution in [0.15, 0.2) is 24.5 Å². The molecule has 8 nitrogen and oxygen atoms in total. The van der Waals surface area contributed by atoms with Crippen LogP contribution in [0.5, 0.6) is 0 Å². The van der Waals surface area contributed by atoms with Crippen LogP contribution in [0.3, 0.4) is 0 Å². The van der Waals surface area contributed by atoms with E-state index in [-0.39, 0.29) is 17.6 Å². The molecule has 0 spiro atoms. The average Bonchev–Trinajstić information content (AvgIpc) is 3.56. The van der Waals surface area contributed by atoms with Gasteiger partial charge in [0.25, 0.3) is 0 Å². The van der Waals surface area contributed by atoms with Gasteiger partial charge in [0.2, 0.25) is 0 Å². The Bertz CT molecular complexity index is 1310. The van der Waals surface area contributed by atoms with Gasteiger partial charge in [-0.2, -0.15) is 0 Å². The van der Waals surface area contributed by atoms with Crippen molar-refractivity contribution < 1.29 is 19.0 Å². The Morgan fingerprint density at radius 2 is 2.06 bits per heavy atom. The summed E-state index contributed by atoms with van der Waals surface area (Å²) >= 11 is 0. The predicted molar refractivity (Wildman–Crippen MR) is 123 cm³/mol. The lowest BCUT2D eigenvalue weighted by atomic mass is 9.92. The van der Waals surface area contributed by atoms with Gasteiger partial charge in [0.05, 0.1) is 23.2 Å². The van der Waals surface area contributed by atoms with Crippen molar-refractivity contribution in [3.8, 4) is 11.1 Å². The van der Waals surface area contributed by atoms with Gasteiger partial charge in [-0.05, 0) is 42.3 Å². The predicted octanol–water partition coefficient (Wildman–Crippen LogP) is 3.93. The van der Waals surface area contributed by atoms with Gasteiger partial charge in [0.15, 0.2) is 5.82 Å². The van der Waals surface area contributed by atoms with Crippen molar-refractivity contribution in [1.82, 2.24) is 9.97 Å². The summed E-state index contributed by atoms with van der Waals surface area (Å²) < 4.78 is 20.6. The van der Waals surface area contributed by atoms with Gasteiger partial charge >= 0.3 is 6.09 Å². The number of carbonyl (C=O) groups excluding carboxylic acids is 1. The SMILES string of the molecule is Cc1c(-c2cc3cc(NC(=O)OC4CC(O)C4)ncc3c(N)c2F)cnc2c1NC[C@@H]1C[C@H]21. The number of anilines is 3. The van der Waals surface area contributed by atoms with Crippen molar-refractivity contribution in [2.45, 2.75) is 44.3 Å². The summed E-state index contributed by atoms with van der Waals surface area (Å²) in [4.78, 5) is 21.0. The minimum atomic E-state index is -0.645. The van der Waals surface area contributed by atoms with Gasteiger partial charge in [0.1, 0.15) is 11.9 Å². The van der Waals surface area contributed by atoms with Gasteiger partial charge in [-0.15, -0.1) is 0 Å². The molecule has 3 heterocycles. The Kier molecular flexibility index (Phi) is 4.45. The normalized spacial score (nSPS) is 24.8. The fraction of sp³-hybridized carbons (Fsp3) is 0.375. The van der Waals surface area contributed by atoms with E-state index in [0.717, 1.165) is 29.9 Å². The first-order valence-corrected chi connectivity index (χ1v) is 11.2. The third-order valence-electron chi connectivity index (χ3n) is 7.05. The molecular formula is C24H24FN5O3. The minimum absolute atomic E-state index is 0.0000750. The monoisotopic (exact) mass is 449 g/mol. The molecule has 1 aliphatic heterocycles. The molecule has 3 aliphatic rings. The number of hydrogen-bond acceptors (Lipinski definition) is 7. The molecular weight excluding hydrogens is 425 g/mol. The van der Waals surface area contributed by atoms with Gasteiger partial charge in [-0.1, -0.05) is 0 Å². The number of fused-ring (bicyclic) bond motifs is 4. The zero-order valence-corrected chi connectivity index (χ0v) is 18.1. The van der Waals surface area contributed by atoms with E-state index in [1.165, 1.54) is 6.20 Å². The first-order chi connectivity index (χ1) is 15.9. The number of aliphatic hydroxyl groups is 1. The molecule has 0 bridgehead atoms. The number of nitrogens with zero attached hydrogens (tertiary/aromatic N) is 2. The number of carbonyl (C=O) groups is 1. The molecule has 0 saturated heterocycles. The molecule has 6 rings (SSSR count). The molecule has 170 valence electrons. The number of hydrogen-bond donors (Lipinski definition) is 4. The smallest absolute Gasteiger partial charge is 0.413 e. The molecule has 2 aliphatic carbocycles. The molecule has 2 atom stereocenters. The third-order valence-corrected chi connectivity index (χ3v) is 7.05. The second kappa shape index (κ2) is 7.28. The highest BCUT2D eigenvalue weighted by atomic mass is 19.1. The van der Waals surface area contributed by atoms with E-state index >= 15 is 4.39 Å². The zero-order valence-electron chi connectivity index (χ0n) is 18.1. The van der Waals surface area contributed by atoms with Gasteiger partial charge in [-0.3, -0.25) is 10.3 Å². The molecule has 9 heteroatoms. The number of aliphatic hydroxyl groups excluding tert-OH is 1. The number of rotatable bonds is 3. The molecule has 2 fully saturated rings. The molecule has 33 heavy (non-hydrogen) atoms. The van der Waals surface area contributed by atoms with E-state index in [9.17, 15) is 9.90 Å². The third kappa shape index (κ3) is 3.34. The number of pyridine rings is 2. The van der Waals surface area contributed by atoms with Crippen LogP contribution in [0.1, 0.15) is 36.4 Å². The lowest BCUT2D eigenvalue weighted by Gasteiger charge is -2.30. The van der Waals surface area contributed by atoms with E-state index in [1.54, 1.807) is 18.3 Å². The summed E-state index contributed by atoms with van der Waals surface area (Å²) in [5.74, 6) is 0.912. The highest BCUT2D eigenvalue weighted by Crippen LogP contribution is 2.53. The second-order valence-corrected chi connectivity index (χ2v) is 9.26. The van der Waals surface area contributed by atoms with Crippen LogP contribution in [0.2, 0.25) is 0 Å². The number of halogens is 1. The first-order valence-electron chi connectivity index (χ1n) is 11.2. The summed E-state index contributed by atoms with van der Waals surface area (Å²) in [5, 5.41) is 16.5. The minimum Gasteiger partial charge on any atom is -0.446 e. The van der Waals surface area contributed by atoms with E-state index in [1.807, 2.05) is 6.92 Å². The van der Waals surface area contributed by atoms with Crippen LogP contribution >= 0.6 is 0 Å². The highest BCUT2D eigenvalue weighted by Gasteiger charge is 2.44. The van der Waals surface area contributed by atoms with Crippen LogP contribution < -0.4 is 16.4 Å². The van der Waals surface area contributed by atoms with E-state index < -0.39 is 18.0 Å². The summed E-state index contributed by atoms with van der Waals surface area (Å²) in [7, 11) is 0. The van der Waals surface area contributed by atoms with Crippen LogP contribution in [0, 0.1) is 18.7 Å². The number of nitrogen functional groups attached to an aromatic ring is 1. The number of ether oxygens (including phenoxy) is 1. The van der Waals surface area contributed by atoms with E-state index in [0.29, 0.717) is 46.6 Å². The van der Waals surface area contributed by atoms with Gasteiger partial charge < -0.3 is 20.9 Å². The van der Waals surface area contributed by atoms with Crippen LogP contribution in [0.4, 0.5) is 26.4 Å². The zero-order chi connectivity index (χ0) is 22.9. The standard InChI is InChI=1S/C24H24FN5O3/c1-10-17(8-29-23-15-3-12(15)7-28-22(10)23)16-2-11-4-19(27-9-18(11)21(26)20(16)25)30-24(32)33-14-5-13(31)6-14/h2,4,8-9,12-15,28,31H,3,5-7,26H2,1H3,(H,27,30,32)/t12-,13?,14?,15-/m0/s1. The Hall–Kier alpha value is -3.46. The number of nitrogens with one attached hydrogen (secondary N) is 2. The maximum Gasteiger partial charge on any atom is 0.413 e. The van der Waals surface area contributed by atoms with Crippen molar-refractivity contribution >= 4 is 34.1 Å². The Morgan fingerprint density at radius 1 is 1.24 bits per heavy atom. The quantitative estimate of drug-likeness (QED) is 0.447. The second-order valence-electron chi connectivity index (χ2n) is 9.26. The molecule has 1 aromatic carbocycles. The molecule has 3 aromatic rings. The van der Waals surface area contributed by atoms with Gasteiger partial charge in [0, 0.05) is 54.2 Å². The highest BCUT2D eigenvalue weighted by molar-refractivity contribution is 5.99. The van der Waals surface area contributed by atoms with E-state index in [2.05, 4.69) is 20.6 Å². The van der Waals surface area contributed by atoms with Crippen molar-refractivity contribution in [2.24, 2.45) is 5.92 Å². The molecule has 0 unspecified atom stereocenters. The fourth-order valence-corrected chi connectivity index (χ4v) is 4.92.